The third-order valence-corrected chi connectivity index (χ3v) is 2.80. The maximum Gasteiger partial charge on any atom is 0.126 e. The molecule has 0 saturated carbocycles. The van der Waals surface area contributed by atoms with Crippen molar-refractivity contribution in [3.05, 3.63) is 22.0 Å². The number of nitrogens with one attached hydrogen (secondary N) is 1. The molecule has 0 amide bonds. The zero-order chi connectivity index (χ0) is 8.55. The molecule has 1 aromatic heterocycles. The Kier molecular flexibility index (Phi) is 1.89. The van der Waals surface area contributed by atoms with Gasteiger partial charge in [0.1, 0.15) is 4.64 Å². The molecule has 1 heterocycles. The van der Waals surface area contributed by atoms with Gasteiger partial charge in [-0.1, -0.05) is 12.2 Å². The Hall–Kier alpha value is -0.830. The number of hydrogen-bond acceptors (Lipinski definition) is 2. The van der Waals surface area contributed by atoms with Gasteiger partial charge in [0.2, 0.25) is 0 Å². The van der Waals surface area contributed by atoms with E-state index in [2.05, 4.69) is 4.98 Å². The molecule has 2 nitrogen and oxygen atoms in total. The molecule has 3 heteroatoms. The molecule has 1 aliphatic rings. The van der Waals surface area contributed by atoms with Crippen molar-refractivity contribution in [3.8, 4) is 0 Å². The summed E-state index contributed by atoms with van der Waals surface area (Å²) in [6.45, 7) is 0. The van der Waals surface area contributed by atoms with E-state index < -0.39 is 0 Å². The van der Waals surface area contributed by atoms with Crippen molar-refractivity contribution < 1.29 is 0 Å². The molecule has 3 N–H and O–H groups in total. The number of aryl methyl sites for hydroxylation is 1. The van der Waals surface area contributed by atoms with Crippen LogP contribution in [0.3, 0.4) is 0 Å². The van der Waals surface area contributed by atoms with Crippen LogP contribution >= 0.6 is 12.2 Å². The highest BCUT2D eigenvalue weighted by Gasteiger charge is 2.11. The summed E-state index contributed by atoms with van der Waals surface area (Å²) in [5.74, 6) is 0. The Bertz CT molecular complexity index is 354. The fourth-order valence-corrected chi connectivity index (χ4v) is 1.95. The van der Waals surface area contributed by atoms with Gasteiger partial charge in [0.05, 0.1) is 5.69 Å². The van der Waals surface area contributed by atoms with Gasteiger partial charge >= 0.3 is 0 Å². The van der Waals surface area contributed by atoms with Crippen molar-refractivity contribution in [2.45, 2.75) is 25.7 Å². The first-order valence-electron chi connectivity index (χ1n) is 4.28. The van der Waals surface area contributed by atoms with Crippen LogP contribution < -0.4 is 5.73 Å². The van der Waals surface area contributed by atoms with E-state index >= 15 is 0 Å². The summed E-state index contributed by atoms with van der Waals surface area (Å²) in [5.41, 5.74) is 9.30. The van der Waals surface area contributed by atoms with Crippen molar-refractivity contribution >= 4 is 17.9 Å². The normalized spacial score (nSPS) is 15.7. The summed E-state index contributed by atoms with van der Waals surface area (Å²) in [4.78, 5) is 3.02. The van der Waals surface area contributed by atoms with Crippen LogP contribution in [0, 0.1) is 4.64 Å². The fraction of sp³-hybridized carbons (Fsp3) is 0.444. The first kappa shape index (κ1) is 7.80. The van der Waals surface area contributed by atoms with E-state index in [0.717, 1.165) is 18.5 Å². The van der Waals surface area contributed by atoms with Crippen LogP contribution in [0.1, 0.15) is 24.0 Å². The van der Waals surface area contributed by atoms with Crippen molar-refractivity contribution in [1.82, 2.24) is 4.98 Å². The molecule has 0 radical (unpaired) electrons. The van der Waals surface area contributed by atoms with Gasteiger partial charge in [-0.05, 0) is 36.8 Å². The van der Waals surface area contributed by atoms with Crippen molar-refractivity contribution in [2.75, 3.05) is 5.73 Å². The van der Waals surface area contributed by atoms with Crippen LogP contribution in [-0.4, -0.2) is 4.98 Å². The average Bonchev–Trinajstić information content (AvgIpc) is 2.12. The number of rotatable bonds is 0. The zero-order valence-electron chi connectivity index (χ0n) is 6.89. The Labute approximate surface area is 76.8 Å². The summed E-state index contributed by atoms with van der Waals surface area (Å²) in [6.07, 6.45) is 6.77. The second kappa shape index (κ2) is 2.90. The van der Waals surface area contributed by atoms with Crippen molar-refractivity contribution in [3.63, 3.8) is 0 Å². The maximum absolute atomic E-state index is 5.87. The number of nitrogen functional groups attached to an aromatic ring is 1. The topological polar surface area (TPSA) is 41.8 Å². The molecule has 0 aliphatic heterocycles. The second-order valence-electron chi connectivity index (χ2n) is 3.24. The number of aromatic nitrogens is 1. The predicted molar refractivity (Wildman–Crippen MR) is 52.7 cm³/mol. The standard InChI is InChI=1S/C9H12N2S/c10-8-7-4-2-1-3-6(7)5-11-9(8)12/h5H,1-4,10H2,(H,11,12). The Balaban J connectivity index is 2.61. The highest BCUT2D eigenvalue weighted by molar-refractivity contribution is 7.71. The lowest BCUT2D eigenvalue weighted by molar-refractivity contribution is 0.683. The third kappa shape index (κ3) is 1.14. The van der Waals surface area contributed by atoms with E-state index in [1.165, 1.54) is 24.0 Å². The first-order valence-corrected chi connectivity index (χ1v) is 4.69. The summed E-state index contributed by atoms with van der Waals surface area (Å²) < 4.78 is 0.690. The van der Waals surface area contributed by atoms with Gasteiger partial charge in [-0.15, -0.1) is 0 Å². The Morgan fingerprint density at radius 3 is 2.92 bits per heavy atom. The van der Waals surface area contributed by atoms with E-state index in [-0.39, 0.29) is 0 Å². The highest BCUT2D eigenvalue weighted by Crippen LogP contribution is 2.25. The van der Waals surface area contributed by atoms with Gasteiger partial charge in [0.25, 0.3) is 0 Å². The summed E-state index contributed by atoms with van der Waals surface area (Å²) in [7, 11) is 0. The molecule has 2 rings (SSSR count). The molecule has 1 aromatic rings. The van der Waals surface area contributed by atoms with Crippen LogP contribution in [-0.2, 0) is 12.8 Å². The summed E-state index contributed by atoms with van der Waals surface area (Å²) >= 11 is 5.06. The molecular formula is C9H12N2S. The predicted octanol–water partition coefficient (Wildman–Crippen LogP) is 2.21. The van der Waals surface area contributed by atoms with E-state index in [1.807, 2.05) is 6.20 Å². The molecule has 0 saturated heterocycles. The third-order valence-electron chi connectivity index (χ3n) is 2.46. The molecule has 1 aliphatic carbocycles. The monoisotopic (exact) mass is 180 g/mol. The lowest BCUT2D eigenvalue weighted by atomic mass is 9.92. The molecule has 0 unspecified atom stereocenters. The molecule has 0 bridgehead atoms. The molecule has 0 aromatic carbocycles. The van der Waals surface area contributed by atoms with Gasteiger partial charge < -0.3 is 10.7 Å². The fourth-order valence-electron chi connectivity index (χ4n) is 1.76. The summed E-state index contributed by atoms with van der Waals surface area (Å²) in [5, 5.41) is 0. The van der Waals surface area contributed by atoms with Gasteiger partial charge in [-0.25, -0.2) is 0 Å². The highest BCUT2D eigenvalue weighted by atomic mass is 32.1. The van der Waals surface area contributed by atoms with Crippen LogP contribution in [0.5, 0.6) is 0 Å². The molecule has 0 spiro atoms. The number of pyridine rings is 1. The summed E-state index contributed by atoms with van der Waals surface area (Å²) in [6, 6.07) is 0. The van der Waals surface area contributed by atoms with Crippen LogP contribution in [0.4, 0.5) is 5.69 Å². The largest absolute Gasteiger partial charge is 0.396 e. The maximum atomic E-state index is 5.87. The van der Waals surface area contributed by atoms with Crippen LogP contribution in [0.15, 0.2) is 6.20 Å². The number of hydrogen-bond donors (Lipinski definition) is 2. The minimum atomic E-state index is 0.690. The molecule has 0 fully saturated rings. The van der Waals surface area contributed by atoms with Crippen LogP contribution in [0.25, 0.3) is 0 Å². The van der Waals surface area contributed by atoms with Gasteiger partial charge in [-0.3, -0.25) is 0 Å². The lowest BCUT2D eigenvalue weighted by Gasteiger charge is -2.16. The number of nitrogens with two attached hydrogens (primary N) is 1. The molecular weight excluding hydrogens is 168 g/mol. The smallest absolute Gasteiger partial charge is 0.126 e. The Morgan fingerprint density at radius 1 is 1.33 bits per heavy atom. The number of anilines is 1. The van der Waals surface area contributed by atoms with E-state index in [0.29, 0.717) is 4.64 Å². The number of aromatic amines is 1. The quantitative estimate of drug-likeness (QED) is 0.601. The SMILES string of the molecule is Nc1c2c(c[nH]c1=S)CCCC2. The van der Waals surface area contributed by atoms with Gasteiger partial charge in [0.15, 0.2) is 0 Å². The van der Waals surface area contributed by atoms with Crippen LogP contribution in [0.2, 0.25) is 0 Å². The Morgan fingerprint density at radius 2 is 2.08 bits per heavy atom. The minimum Gasteiger partial charge on any atom is -0.396 e. The van der Waals surface area contributed by atoms with Crippen molar-refractivity contribution in [1.29, 1.82) is 0 Å². The van der Waals surface area contributed by atoms with E-state index in [1.54, 1.807) is 0 Å². The second-order valence-corrected chi connectivity index (χ2v) is 3.65. The van der Waals surface area contributed by atoms with Gasteiger partial charge in [-0.2, -0.15) is 0 Å². The molecule has 12 heavy (non-hydrogen) atoms. The van der Waals surface area contributed by atoms with E-state index in [9.17, 15) is 0 Å². The molecule has 64 valence electrons. The number of fused-ring (bicyclic) bond motifs is 1. The van der Waals surface area contributed by atoms with E-state index in [4.69, 9.17) is 18.0 Å². The minimum absolute atomic E-state index is 0.690. The zero-order valence-corrected chi connectivity index (χ0v) is 7.71. The number of H-pyrrole nitrogens is 1. The lowest BCUT2D eigenvalue weighted by Crippen LogP contribution is -2.07. The van der Waals surface area contributed by atoms with Crippen molar-refractivity contribution in [2.24, 2.45) is 0 Å². The molecule has 0 atom stereocenters. The average molecular weight is 180 g/mol. The first-order chi connectivity index (χ1) is 5.79. The van der Waals surface area contributed by atoms with Gasteiger partial charge in [0, 0.05) is 6.20 Å².